The molecule has 9 atom stereocenters. The van der Waals surface area contributed by atoms with E-state index in [0.717, 1.165) is 155 Å². The molecule has 2 unspecified atom stereocenters. The minimum absolute atomic E-state index is 0.0222. The Labute approximate surface area is 479 Å². The third-order valence-corrected chi connectivity index (χ3v) is 20.5. The highest BCUT2D eigenvalue weighted by atomic mass is 16.5. The standard InChI is InChI=1S/C64H89N11O6/c1-7-74-53-21-18-44-32-48(53)50(57(74)49-33-47(35-65-54(49)41(2)80-6)71-30-28-70(29-31-71)46-19-20-46)34-63(3,4)40-81-62(79)51-15-11-25-75(67-51)60(77)52(37-69-24-10-14-45(44)36-69)66-59(76)56(42-12-8-9-13-42)72-26-22-64(38-72)23-27-73(39-64)61(78)58-55(68(58)5)43-16-17-43/h12,14,18,21,32-33,35,41,43,46,51-52,55-56,58,67H,7-11,13,15-17,19-20,22-31,34,36-40H2,1-6H3,(H,66,76)/t41-,51-,52-,55+,56-,58+,64-,68?/m0/s1. The molecule has 17 nitrogen and oxygen atoms in total. The fourth-order valence-corrected chi connectivity index (χ4v) is 15.6. The van der Waals surface area contributed by atoms with Crippen molar-refractivity contribution in [1.29, 1.82) is 0 Å². The average Bonchev–Trinajstić information content (AvgIpc) is 4.63. The van der Waals surface area contributed by atoms with Crippen LogP contribution in [0.15, 0.2) is 48.2 Å². The molecule has 7 aliphatic heterocycles. The van der Waals surface area contributed by atoms with Crippen LogP contribution in [0, 0.1) is 16.7 Å². The van der Waals surface area contributed by atoms with Crippen LogP contribution in [0.25, 0.3) is 27.7 Å². The van der Waals surface area contributed by atoms with Gasteiger partial charge in [-0.3, -0.25) is 48.8 Å². The molecule has 2 aromatic heterocycles. The van der Waals surface area contributed by atoms with Gasteiger partial charge in [0.1, 0.15) is 24.2 Å². The summed E-state index contributed by atoms with van der Waals surface area (Å²) >= 11 is 0. The number of likely N-dealkylation sites (tertiary alicyclic amines) is 2. The first-order valence-corrected chi connectivity index (χ1v) is 31.3. The van der Waals surface area contributed by atoms with Crippen LogP contribution in [0.5, 0.6) is 0 Å². The maximum atomic E-state index is 15.3. The van der Waals surface area contributed by atoms with Crippen LogP contribution in [-0.2, 0) is 41.6 Å². The molecule has 13 rings (SSSR count). The number of pyridine rings is 1. The first-order chi connectivity index (χ1) is 39.2. The van der Waals surface area contributed by atoms with Gasteiger partial charge in [0.2, 0.25) is 11.8 Å². The molecule has 3 amide bonds. The van der Waals surface area contributed by atoms with Crippen LogP contribution < -0.4 is 15.6 Å². The van der Waals surface area contributed by atoms with Crippen molar-refractivity contribution < 1.29 is 28.7 Å². The minimum atomic E-state index is -0.877. The molecule has 1 spiro atoms. The maximum absolute atomic E-state index is 15.3. The number of esters is 1. The number of amides is 3. The molecule has 436 valence electrons. The molecule has 3 aliphatic carbocycles. The van der Waals surface area contributed by atoms with E-state index in [-0.39, 0.29) is 47.9 Å². The number of nitrogens with zero attached hydrogens (tertiary/aromatic N) is 9. The number of hydrogen-bond acceptors (Lipinski definition) is 13. The summed E-state index contributed by atoms with van der Waals surface area (Å²) in [7, 11) is 3.86. The largest absolute Gasteiger partial charge is 0.464 e. The first kappa shape index (κ1) is 55.0. The fourth-order valence-electron chi connectivity index (χ4n) is 15.6. The van der Waals surface area contributed by atoms with Crippen molar-refractivity contribution >= 4 is 45.9 Å². The SMILES string of the molecule is CCn1c(-c2cc(N3CCN(C4CC4)CC3)cnc2[C@H](C)OC)c2c3cc(ccc31)C1=CCCN(C1)C[C@H](NC(=O)[C@H](C1=CCCC1)N1CC[C@]3(CCN(C(=O)[C@H]4[C@@H](C5CC5)N4C)C3)C1)C(=O)N1CCC[C@H](N1)C(=O)OCC(C)(C)C2. The second-order valence-electron chi connectivity index (χ2n) is 26.9. The lowest BCUT2D eigenvalue weighted by Gasteiger charge is -2.38. The number of piperazine rings is 1. The molecule has 0 radical (unpaired) electrons. The van der Waals surface area contributed by atoms with Gasteiger partial charge in [0.05, 0.1) is 36.0 Å². The Morgan fingerprint density at radius 3 is 2.51 bits per heavy atom. The Kier molecular flexibility index (Phi) is 15.0. The minimum Gasteiger partial charge on any atom is -0.464 e. The predicted molar refractivity (Wildman–Crippen MR) is 314 cm³/mol. The van der Waals surface area contributed by atoms with E-state index in [9.17, 15) is 9.59 Å². The summed E-state index contributed by atoms with van der Waals surface area (Å²) in [4.78, 5) is 78.3. The zero-order chi connectivity index (χ0) is 55.9. The van der Waals surface area contributed by atoms with E-state index in [4.69, 9.17) is 14.5 Å². The second kappa shape index (κ2) is 22.1. The number of methoxy groups -OCH3 is 1. The van der Waals surface area contributed by atoms with Gasteiger partial charge in [-0.2, -0.15) is 0 Å². The van der Waals surface area contributed by atoms with Crippen molar-refractivity contribution in [1.82, 2.24) is 49.8 Å². The van der Waals surface area contributed by atoms with Crippen molar-refractivity contribution in [3.63, 3.8) is 0 Å². The van der Waals surface area contributed by atoms with Gasteiger partial charge in [0.25, 0.3) is 5.91 Å². The number of benzene rings is 1. The van der Waals surface area contributed by atoms with Crippen molar-refractivity contribution in [3.8, 4) is 11.3 Å². The number of aromatic nitrogens is 2. The predicted octanol–water partition coefficient (Wildman–Crippen LogP) is 6.41. The van der Waals surface area contributed by atoms with Crippen LogP contribution in [0.4, 0.5) is 5.69 Å². The molecule has 9 heterocycles. The number of carbonyl (C=O) groups excluding carboxylic acids is 4. The van der Waals surface area contributed by atoms with Crippen LogP contribution in [0.2, 0.25) is 0 Å². The van der Waals surface area contributed by atoms with Crippen molar-refractivity contribution in [2.45, 2.75) is 160 Å². The van der Waals surface area contributed by atoms with Crippen LogP contribution in [0.3, 0.4) is 0 Å². The zero-order valence-corrected chi connectivity index (χ0v) is 49.2. The molecular weight excluding hydrogens is 1020 g/mol. The quantitative estimate of drug-likeness (QED) is 0.117. The lowest BCUT2D eigenvalue weighted by atomic mass is 9.84. The number of carbonyl (C=O) groups is 4. The molecule has 17 heteroatoms. The number of anilines is 1. The number of hydrazine groups is 1. The molecule has 2 saturated carbocycles. The van der Waals surface area contributed by atoms with E-state index in [1.165, 1.54) is 36.8 Å². The van der Waals surface area contributed by atoms with Crippen molar-refractivity contribution in [2.24, 2.45) is 16.7 Å². The van der Waals surface area contributed by atoms with Gasteiger partial charge in [-0.15, -0.1) is 0 Å². The maximum Gasteiger partial charge on any atom is 0.324 e. The summed E-state index contributed by atoms with van der Waals surface area (Å²) in [5, 5.41) is 6.16. The van der Waals surface area contributed by atoms with Gasteiger partial charge in [0, 0.05) is 125 Å². The van der Waals surface area contributed by atoms with Gasteiger partial charge in [0.15, 0.2) is 0 Å². The summed E-state index contributed by atoms with van der Waals surface area (Å²) in [6.45, 7) is 18.7. The second-order valence-corrected chi connectivity index (χ2v) is 26.9. The van der Waals surface area contributed by atoms with Crippen molar-refractivity contribution in [2.75, 3.05) is 104 Å². The van der Waals surface area contributed by atoms with Gasteiger partial charge in [-0.05, 0) is 157 Å². The highest BCUT2D eigenvalue weighted by Crippen LogP contribution is 2.49. The lowest BCUT2D eigenvalue weighted by Crippen LogP contribution is -2.63. The third-order valence-electron chi connectivity index (χ3n) is 20.5. The number of ether oxygens (including phenoxy) is 2. The molecule has 81 heavy (non-hydrogen) atoms. The molecule has 2 N–H and O–H groups in total. The molecule has 7 fully saturated rings. The van der Waals surface area contributed by atoms with Gasteiger partial charge in [-0.1, -0.05) is 32.1 Å². The number of rotatable bonds is 12. The molecule has 10 aliphatic rings. The summed E-state index contributed by atoms with van der Waals surface area (Å²) in [5.41, 5.74) is 12.8. The first-order valence-electron chi connectivity index (χ1n) is 31.3. The Bertz CT molecular complexity index is 2990. The number of likely N-dealkylation sites (N-methyl/N-ethyl adjacent to an activating group) is 1. The van der Waals surface area contributed by atoms with Crippen LogP contribution in [0.1, 0.15) is 128 Å². The third kappa shape index (κ3) is 10.9. The summed E-state index contributed by atoms with van der Waals surface area (Å²) < 4.78 is 14.9. The summed E-state index contributed by atoms with van der Waals surface area (Å²) in [5.74, 6) is 0.199. The highest BCUT2D eigenvalue weighted by molar-refractivity contribution is 5.96. The fraction of sp³-hybridized carbons (Fsp3) is 0.672. The molecule has 5 saturated heterocycles. The van der Waals surface area contributed by atoms with Crippen LogP contribution >= 0.6 is 0 Å². The molecule has 6 bridgehead atoms. The van der Waals surface area contributed by atoms with Gasteiger partial charge < -0.3 is 29.2 Å². The van der Waals surface area contributed by atoms with E-state index in [1.807, 2.05) is 6.20 Å². The average molecular weight is 1110 g/mol. The Morgan fingerprint density at radius 2 is 1.75 bits per heavy atom. The number of allylic oxidation sites excluding steroid dienone is 1. The molecular formula is C64H89N11O6. The Balaban J connectivity index is 0.809. The zero-order valence-electron chi connectivity index (χ0n) is 49.2. The van der Waals surface area contributed by atoms with E-state index < -0.39 is 23.5 Å². The van der Waals surface area contributed by atoms with E-state index in [0.29, 0.717) is 50.9 Å². The number of nitrogens with one attached hydrogen (secondary N) is 2. The Morgan fingerprint density at radius 1 is 0.938 bits per heavy atom. The molecule has 3 aromatic rings. The van der Waals surface area contributed by atoms with Gasteiger partial charge >= 0.3 is 5.97 Å². The lowest BCUT2D eigenvalue weighted by molar-refractivity contribution is -0.155. The summed E-state index contributed by atoms with van der Waals surface area (Å²) in [6, 6.07) is 8.35. The number of aryl methyl sites for hydroxylation is 1. The monoisotopic (exact) mass is 1110 g/mol. The van der Waals surface area contributed by atoms with Crippen LogP contribution in [-0.4, -0.2) is 198 Å². The number of cyclic esters (lactones) is 1. The normalized spacial score (nSPS) is 31.0. The van der Waals surface area contributed by atoms with E-state index in [2.05, 4.69) is 116 Å². The van der Waals surface area contributed by atoms with Gasteiger partial charge in [-0.25, -0.2) is 5.43 Å². The number of hydrogen-bond donors (Lipinski definition) is 2. The molecule has 1 aromatic carbocycles. The smallest absolute Gasteiger partial charge is 0.324 e. The highest BCUT2D eigenvalue weighted by Gasteiger charge is 2.59. The Hall–Kier alpha value is -5.17. The number of fused-ring (bicyclic) bond motifs is 6. The summed E-state index contributed by atoms with van der Waals surface area (Å²) in [6.07, 6.45) is 18.7. The van der Waals surface area contributed by atoms with Crippen molar-refractivity contribution in [3.05, 3.63) is 65.0 Å². The van der Waals surface area contributed by atoms with E-state index >= 15 is 9.59 Å². The van der Waals surface area contributed by atoms with E-state index in [1.54, 1.807) is 12.1 Å². The topological polar surface area (TPSA) is 151 Å².